The van der Waals surface area contributed by atoms with Crippen LogP contribution < -0.4 is 4.18 Å². The molecule has 136 valence electrons. The molecule has 0 fully saturated rings. The van der Waals surface area contributed by atoms with E-state index < -0.39 is 27.6 Å². The number of fused-ring (bicyclic) bond motifs is 1. The molecule has 0 bridgehead atoms. The Morgan fingerprint density at radius 3 is 2.31 bits per heavy atom. The van der Waals surface area contributed by atoms with Gasteiger partial charge in [0.1, 0.15) is 5.75 Å². The smallest absolute Gasteiger partial charge is 0.410 e. The van der Waals surface area contributed by atoms with E-state index in [4.69, 9.17) is 9.39 Å². The highest BCUT2D eigenvalue weighted by Gasteiger charge is 2.37. The number of H-pyrrole nitrogens is 1. The number of alkyl halides is 3. The second kappa shape index (κ2) is 6.37. The zero-order valence-corrected chi connectivity index (χ0v) is 13.7. The van der Waals surface area contributed by atoms with Crippen molar-refractivity contribution < 1.29 is 31.0 Å². The molecule has 3 aromatic rings. The molecule has 0 atom stereocenters. The fraction of sp³-hybridized carbons (Fsp3) is 0.0625. The van der Waals surface area contributed by atoms with Gasteiger partial charge in [0.25, 0.3) is 0 Å². The molecule has 1 aromatic heterocycles. The summed E-state index contributed by atoms with van der Waals surface area (Å²) in [6.07, 6.45) is -4.85. The summed E-state index contributed by atoms with van der Waals surface area (Å²) in [5.74, 6) is -0.188. The number of para-hydroxylation sites is 1. The zero-order valence-electron chi connectivity index (χ0n) is 12.9. The van der Waals surface area contributed by atoms with Crippen LogP contribution in [0.5, 0.6) is 5.75 Å². The molecule has 26 heavy (non-hydrogen) atoms. The van der Waals surface area contributed by atoms with Crippen LogP contribution in [-0.4, -0.2) is 30.5 Å². The molecule has 0 unspecified atom stereocenters. The van der Waals surface area contributed by atoms with Crippen LogP contribution >= 0.6 is 0 Å². The maximum absolute atomic E-state index is 12.7. The molecule has 10 heteroatoms. The van der Waals surface area contributed by atoms with Gasteiger partial charge in [0, 0.05) is 16.5 Å². The Morgan fingerprint density at radius 1 is 1.08 bits per heavy atom. The van der Waals surface area contributed by atoms with Crippen LogP contribution in [0.4, 0.5) is 13.2 Å². The molecule has 0 amide bonds. The molecule has 1 heterocycles. The maximum Gasteiger partial charge on any atom is 0.437 e. The number of rotatable bonds is 4. The molecule has 0 radical (unpaired) electrons. The van der Waals surface area contributed by atoms with Crippen LogP contribution in [-0.2, 0) is 10.1 Å². The van der Waals surface area contributed by atoms with E-state index in [-0.39, 0.29) is 10.8 Å². The number of nitrogens with zero attached hydrogens (tertiary/aromatic N) is 1. The van der Waals surface area contributed by atoms with Crippen LogP contribution in [0.25, 0.3) is 10.9 Å². The Labute approximate surface area is 145 Å². The third-order valence-electron chi connectivity index (χ3n) is 3.48. The van der Waals surface area contributed by atoms with Gasteiger partial charge in [0.2, 0.25) is 0 Å². The predicted octanol–water partition coefficient (Wildman–Crippen LogP) is 3.68. The van der Waals surface area contributed by atoms with Gasteiger partial charge in [-0.05, 0) is 36.4 Å². The first-order valence-corrected chi connectivity index (χ1v) is 8.53. The first-order valence-electron chi connectivity index (χ1n) is 7.12. The van der Waals surface area contributed by atoms with Crippen molar-refractivity contribution in [1.82, 2.24) is 4.98 Å². The fourth-order valence-corrected chi connectivity index (χ4v) is 3.26. The topological polar surface area (TPSA) is 91.8 Å². The van der Waals surface area contributed by atoms with Gasteiger partial charge in [-0.15, -0.1) is 0 Å². The van der Waals surface area contributed by atoms with Crippen LogP contribution in [0.15, 0.2) is 64.8 Å². The van der Waals surface area contributed by atoms with Crippen LogP contribution in [0, 0.1) is 0 Å². The minimum atomic E-state index is -4.85. The molecular weight excluding hydrogens is 373 g/mol. The second-order valence-corrected chi connectivity index (χ2v) is 6.74. The molecule has 3 rings (SSSR count). The van der Waals surface area contributed by atoms with E-state index in [1.165, 1.54) is 6.07 Å². The summed E-state index contributed by atoms with van der Waals surface area (Å²) in [5.41, 5.74) is -1.34. The summed E-state index contributed by atoms with van der Waals surface area (Å²) in [4.78, 5) is 2.70. The number of hydrogen-bond donors (Lipinski definition) is 2. The quantitative estimate of drug-likeness (QED) is 0.311. The second-order valence-electron chi connectivity index (χ2n) is 5.23. The molecular formula is C16H11F3N2O4S. The van der Waals surface area contributed by atoms with Gasteiger partial charge in [0.15, 0.2) is 10.7 Å². The Kier molecular flexibility index (Phi) is 4.36. The number of halogens is 3. The highest BCUT2D eigenvalue weighted by Crippen LogP contribution is 2.26. The van der Waals surface area contributed by atoms with Crippen LogP contribution in [0.3, 0.4) is 0 Å². The molecule has 2 aromatic carbocycles. The Morgan fingerprint density at radius 2 is 1.73 bits per heavy atom. The average molecular weight is 384 g/mol. The zero-order chi connectivity index (χ0) is 18.9. The van der Waals surface area contributed by atoms with Gasteiger partial charge >= 0.3 is 16.3 Å². The Bertz CT molecular complexity index is 1040. The molecule has 6 nitrogen and oxygen atoms in total. The first-order chi connectivity index (χ1) is 12.2. The van der Waals surface area contributed by atoms with E-state index >= 15 is 0 Å². The molecule has 0 spiro atoms. The van der Waals surface area contributed by atoms with Crippen molar-refractivity contribution in [2.24, 2.45) is 5.16 Å². The molecule has 0 aliphatic carbocycles. The summed E-state index contributed by atoms with van der Waals surface area (Å²) in [6, 6.07) is 12.2. The minimum absolute atomic E-state index is 0.185. The lowest BCUT2D eigenvalue weighted by Crippen LogP contribution is -2.24. The maximum atomic E-state index is 12.7. The van der Waals surface area contributed by atoms with Gasteiger partial charge in [-0.1, -0.05) is 23.4 Å². The Hall–Kier alpha value is -3.01. The summed E-state index contributed by atoms with van der Waals surface area (Å²) in [6.45, 7) is 0. The van der Waals surface area contributed by atoms with E-state index in [1.54, 1.807) is 24.3 Å². The molecule has 0 aliphatic heterocycles. The van der Waals surface area contributed by atoms with E-state index in [0.29, 0.717) is 10.9 Å². The Balaban J connectivity index is 1.86. The molecule has 0 saturated heterocycles. The highest BCUT2D eigenvalue weighted by atomic mass is 32.2. The number of nitrogens with one attached hydrogen (secondary N) is 1. The normalized spacial score (nSPS) is 13.1. The SMILES string of the molecule is O=S(=O)(Oc1ccc(C(=NO)C(F)(F)F)cc1)c1cc2ccccc2[nH]1. The average Bonchev–Trinajstić information content (AvgIpc) is 3.01. The van der Waals surface area contributed by atoms with Gasteiger partial charge in [-0.2, -0.15) is 21.6 Å². The fourth-order valence-electron chi connectivity index (χ4n) is 2.30. The molecule has 0 saturated carbocycles. The number of hydrogen-bond acceptors (Lipinski definition) is 5. The third-order valence-corrected chi connectivity index (χ3v) is 4.65. The minimum Gasteiger partial charge on any atom is -0.410 e. The van der Waals surface area contributed by atoms with E-state index in [0.717, 1.165) is 24.3 Å². The van der Waals surface area contributed by atoms with Crippen molar-refractivity contribution in [3.05, 3.63) is 60.2 Å². The summed E-state index contributed by atoms with van der Waals surface area (Å²) < 4.78 is 67.6. The van der Waals surface area contributed by atoms with Crippen molar-refractivity contribution in [2.75, 3.05) is 0 Å². The van der Waals surface area contributed by atoms with E-state index in [9.17, 15) is 21.6 Å². The lowest BCUT2D eigenvalue weighted by molar-refractivity contribution is -0.0601. The van der Waals surface area contributed by atoms with Crippen molar-refractivity contribution >= 4 is 26.7 Å². The van der Waals surface area contributed by atoms with Crippen molar-refractivity contribution in [1.29, 1.82) is 0 Å². The van der Waals surface area contributed by atoms with Crippen molar-refractivity contribution in [3.8, 4) is 5.75 Å². The standard InChI is InChI=1S/C16H11F3N2O4S/c17-16(18,19)15(21-22)10-5-7-12(8-6-10)25-26(23,24)14-9-11-3-1-2-4-13(11)20-14/h1-9,20,22H. The lowest BCUT2D eigenvalue weighted by atomic mass is 10.1. The highest BCUT2D eigenvalue weighted by molar-refractivity contribution is 7.87. The largest absolute Gasteiger partial charge is 0.437 e. The number of aromatic nitrogens is 1. The van der Waals surface area contributed by atoms with Gasteiger partial charge in [-0.3, -0.25) is 0 Å². The summed E-state index contributed by atoms with van der Waals surface area (Å²) in [7, 11) is -4.20. The number of aromatic amines is 1. The summed E-state index contributed by atoms with van der Waals surface area (Å²) >= 11 is 0. The van der Waals surface area contributed by atoms with Gasteiger partial charge in [-0.25, -0.2) is 0 Å². The van der Waals surface area contributed by atoms with Gasteiger partial charge < -0.3 is 14.4 Å². The van der Waals surface area contributed by atoms with E-state index in [1.807, 2.05) is 0 Å². The van der Waals surface area contributed by atoms with Crippen LogP contribution in [0.2, 0.25) is 0 Å². The number of benzene rings is 2. The van der Waals surface area contributed by atoms with Crippen molar-refractivity contribution in [2.45, 2.75) is 11.2 Å². The number of oxime groups is 1. The van der Waals surface area contributed by atoms with Crippen molar-refractivity contribution in [3.63, 3.8) is 0 Å². The molecule has 2 N–H and O–H groups in total. The van der Waals surface area contributed by atoms with E-state index in [2.05, 4.69) is 10.1 Å². The van der Waals surface area contributed by atoms with Crippen LogP contribution in [0.1, 0.15) is 5.56 Å². The molecule has 0 aliphatic rings. The van der Waals surface area contributed by atoms with Gasteiger partial charge in [0.05, 0.1) is 0 Å². The predicted molar refractivity (Wildman–Crippen MR) is 86.9 cm³/mol. The lowest BCUT2D eigenvalue weighted by Gasteiger charge is -2.10. The first kappa shape index (κ1) is 17.8. The monoisotopic (exact) mass is 384 g/mol. The summed E-state index contributed by atoms with van der Waals surface area (Å²) in [5, 5.41) is 11.2. The third kappa shape index (κ3) is 3.49.